The number of rotatable bonds is 6. The maximum absolute atomic E-state index is 12.2. The Labute approximate surface area is 148 Å². The zero-order valence-corrected chi connectivity index (χ0v) is 14.6. The summed E-state index contributed by atoms with van der Waals surface area (Å²) in [6.07, 6.45) is 8.56. The van der Waals surface area contributed by atoms with Crippen molar-refractivity contribution in [1.82, 2.24) is 20.8 Å². The smallest absolute Gasteiger partial charge is 0.235 e. The second kappa shape index (κ2) is 8.26. The van der Waals surface area contributed by atoms with Crippen molar-refractivity contribution in [2.75, 3.05) is 24.5 Å². The number of carbonyl (C=O) groups is 1. The highest BCUT2D eigenvalue weighted by molar-refractivity contribution is 5.79. The van der Waals surface area contributed by atoms with Crippen molar-refractivity contribution >= 4 is 11.7 Å². The predicted octanol–water partition coefficient (Wildman–Crippen LogP) is 1.38. The van der Waals surface area contributed by atoms with Gasteiger partial charge in [0.15, 0.2) is 5.82 Å². The Morgan fingerprint density at radius 1 is 1.36 bits per heavy atom. The van der Waals surface area contributed by atoms with Crippen LogP contribution in [-0.4, -0.2) is 47.3 Å². The summed E-state index contributed by atoms with van der Waals surface area (Å²) in [5.74, 6) is 0.800. The van der Waals surface area contributed by atoms with Gasteiger partial charge in [0.05, 0.1) is 12.6 Å². The van der Waals surface area contributed by atoms with Crippen LogP contribution in [0.1, 0.15) is 44.9 Å². The van der Waals surface area contributed by atoms with E-state index in [1.54, 1.807) is 6.20 Å². The maximum atomic E-state index is 12.2. The van der Waals surface area contributed by atoms with Gasteiger partial charge in [-0.1, -0.05) is 19.3 Å². The van der Waals surface area contributed by atoms with Crippen LogP contribution in [0.25, 0.3) is 0 Å². The Morgan fingerprint density at radius 2 is 2.20 bits per heavy atom. The van der Waals surface area contributed by atoms with E-state index in [-0.39, 0.29) is 12.5 Å². The van der Waals surface area contributed by atoms with Gasteiger partial charge >= 0.3 is 0 Å². The molecular formula is C18H26N6O. The molecule has 7 nitrogen and oxygen atoms in total. The first-order valence-electron chi connectivity index (χ1n) is 9.20. The summed E-state index contributed by atoms with van der Waals surface area (Å²) in [4.78, 5) is 14.5. The monoisotopic (exact) mass is 342 g/mol. The van der Waals surface area contributed by atoms with Crippen molar-refractivity contribution in [3.8, 4) is 6.07 Å². The van der Waals surface area contributed by atoms with Gasteiger partial charge in [0.2, 0.25) is 5.91 Å². The molecule has 1 aliphatic heterocycles. The van der Waals surface area contributed by atoms with Crippen molar-refractivity contribution in [3.63, 3.8) is 0 Å². The molecule has 0 spiro atoms. The van der Waals surface area contributed by atoms with Gasteiger partial charge in [-0.05, 0) is 37.8 Å². The molecule has 0 unspecified atom stereocenters. The molecule has 1 amide bonds. The number of nitriles is 1. The summed E-state index contributed by atoms with van der Waals surface area (Å²) in [5.41, 5.74) is -0.657. The molecule has 2 fully saturated rings. The van der Waals surface area contributed by atoms with Crippen molar-refractivity contribution < 1.29 is 4.79 Å². The van der Waals surface area contributed by atoms with E-state index in [2.05, 4.69) is 31.8 Å². The fraction of sp³-hybridized carbons (Fsp3) is 0.667. The van der Waals surface area contributed by atoms with E-state index in [0.717, 1.165) is 63.9 Å². The molecule has 2 heterocycles. The SMILES string of the molecule is N#CC1(NC(=O)CNC[C@H]2CCCN2c2cccnn2)CCCCC1. The topological polar surface area (TPSA) is 93.9 Å². The third-order valence-corrected chi connectivity index (χ3v) is 5.19. The van der Waals surface area contributed by atoms with Gasteiger partial charge in [-0.3, -0.25) is 4.79 Å². The van der Waals surface area contributed by atoms with Crippen LogP contribution in [-0.2, 0) is 4.79 Å². The Kier molecular flexibility index (Phi) is 5.82. The minimum Gasteiger partial charge on any atom is -0.351 e. The molecule has 3 rings (SSSR count). The van der Waals surface area contributed by atoms with E-state index in [0.29, 0.717) is 6.04 Å². The van der Waals surface area contributed by atoms with Crippen LogP contribution in [0.2, 0.25) is 0 Å². The lowest BCUT2D eigenvalue weighted by Gasteiger charge is -2.31. The summed E-state index contributed by atoms with van der Waals surface area (Å²) in [6.45, 7) is 1.94. The third-order valence-electron chi connectivity index (χ3n) is 5.19. The third kappa shape index (κ3) is 4.45. The molecule has 1 aliphatic carbocycles. The Bertz CT molecular complexity index is 608. The Hall–Kier alpha value is -2.20. The van der Waals surface area contributed by atoms with E-state index in [9.17, 15) is 10.1 Å². The fourth-order valence-corrected chi connectivity index (χ4v) is 3.88. The molecule has 7 heteroatoms. The minimum absolute atomic E-state index is 0.0903. The number of nitrogens with one attached hydrogen (secondary N) is 2. The van der Waals surface area contributed by atoms with E-state index < -0.39 is 5.54 Å². The van der Waals surface area contributed by atoms with Gasteiger partial charge in [-0.25, -0.2) is 0 Å². The summed E-state index contributed by atoms with van der Waals surface area (Å²) in [6, 6.07) is 6.51. The van der Waals surface area contributed by atoms with E-state index in [1.165, 1.54) is 0 Å². The second-order valence-electron chi connectivity index (χ2n) is 7.00. The highest BCUT2D eigenvalue weighted by atomic mass is 16.2. The number of aromatic nitrogens is 2. The zero-order chi connectivity index (χ0) is 17.5. The highest BCUT2D eigenvalue weighted by Gasteiger charge is 2.33. The number of anilines is 1. The standard InChI is InChI=1S/C18H26N6O/c19-14-18(8-2-1-3-9-18)22-17(25)13-20-12-15-6-5-11-24(15)16-7-4-10-21-23-16/h4,7,10,15,20H,1-3,5-6,8-9,11-13H2,(H,22,25)/t15-/m1/s1. The number of carbonyl (C=O) groups excluding carboxylic acids is 1. The largest absolute Gasteiger partial charge is 0.351 e. The molecule has 0 aromatic carbocycles. The molecule has 1 atom stereocenters. The van der Waals surface area contributed by atoms with Gasteiger partial charge in [-0.15, -0.1) is 5.10 Å². The highest BCUT2D eigenvalue weighted by Crippen LogP contribution is 2.27. The van der Waals surface area contributed by atoms with Crippen molar-refractivity contribution in [1.29, 1.82) is 5.26 Å². The first kappa shape index (κ1) is 17.6. The predicted molar refractivity (Wildman–Crippen MR) is 94.8 cm³/mol. The zero-order valence-electron chi connectivity index (χ0n) is 14.6. The molecule has 0 radical (unpaired) electrons. The van der Waals surface area contributed by atoms with Gasteiger partial charge in [0.1, 0.15) is 5.54 Å². The summed E-state index contributed by atoms with van der Waals surface area (Å²) in [5, 5.41) is 23.8. The molecule has 2 aliphatic rings. The minimum atomic E-state index is -0.657. The van der Waals surface area contributed by atoms with Crippen molar-refractivity contribution in [2.24, 2.45) is 0 Å². The molecule has 1 aromatic rings. The fourth-order valence-electron chi connectivity index (χ4n) is 3.88. The van der Waals surface area contributed by atoms with Crippen LogP contribution >= 0.6 is 0 Å². The first-order valence-corrected chi connectivity index (χ1v) is 9.20. The summed E-state index contributed by atoms with van der Waals surface area (Å²) in [7, 11) is 0. The van der Waals surface area contributed by atoms with Crippen LogP contribution in [0.4, 0.5) is 5.82 Å². The Balaban J connectivity index is 1.46. The number of hydrogen-bond acceptors (Lipinski definition) is 6. The number of hydrogen-bond donors (Lipinski definition) is 2. The molecule has 1 saturated carbocycles. The van der Waals surface area contributed by atoms with Crippen LogP contribution in [0.15, 0.2) is 18.3 Å². The lowest BCUT2D eigenvalue weighted by Crippen LogP contribution is -2.52. The normalized spacial score (nSPS) is 22.4. The summed E-state index contributed by atoms with van der Waals surface area (Å²) < 4.78 is 0. The molecule has 0 bridgehead atoms. The van der Waals surface area contributed by atoms with Crippen LogP contribution < -0.4 is 15.5 Å². The molecular weight excluding hydrogens is 316 g/mol. The maximum Gasteiger partial charge on any atom is 0.235 e. The lowest BCUT2D eigenvalue weighted by molar-refractivity contribution is -0.121. The quantitative estimate of drug-likeness (QED) is 0.811. The lowest BCUT2D eigenvalue weighted by atomic mass is 9.83. The molecule has 25 heavy (non-hydrogen) atoms. The van der Waals surface area contributed by atoms with Gasteiger partial charge < -0.3 is 15.5 Å². The van der Waals surface area contributed by atoms with Crippen LogP contribution in [0.3, 0.4) is 0 Å². The van der Waals surface area contributed by atoms with E-state index in [1.807, 2.05) is 12.1 Å². The van der Waals surface area contributed by atoms with E-state index in [4.69, 9.17) is 0 Å². The van der Waals surface area contributed by atoms with Gasteiger partial charge in [0, 0.05) is 25.3 Å². The molecule has 2 N–H and O–H groups in total. The average Bonchev–Trinajstić information content (AvgIpc) is 3.12. The van der Waals surface area contributed by atoms with Crippen LogP contribution in [0.5, 0.6) is 0 Å². The van der Waals surface area contributed by atoms with Gasteiger partial charge in [-0.2, -0.15) is 10.4 Å². The molecule has 1 aromatic heterocycles. The molecule has 134 valence electrons. The van der Waals surface area contributed by atoms with Crippen molar-refractivity contribution in [3.05, 3.63) is 18.3 Å². The van der Waals surface area contributed by atoms with Crippen molar-refractivity contribution in [2.45, 2.75) is 56.5 Å². The average molecular weight is 342 g/mol. The summed E-state index contributed by atoms with van der Waals surface area (Å²) >= 11 is 0. The first-order chi connectivity index (χ1) is 12.2. The Morgan fingerprint density at radius 3 is 2.92 bits per heavy atom. The van der Waals surface area contributed by atoms with Gasteiger partial charge in [0.25, 0.3) is 0 Å². The number of nitrogens with zero attached hydrogens (tertiary/aromatic N) is 4. The second-order valence-corrected chi connectivity index (χ2v) is 7.00. The van der Waals surface area contributed by atoms with Crippen LogP contribution in [0, 0.1) is 11.3 Å². The molecule has 1 saturated heterocycles. The number of amides is 1. The van der Waals surface area contributed by atoms with E-state index >= 15 is 0 Å².